The van der Waals surface area contributed by atoms with Gasteiger partial charge in [-0.05, 0) is 25.1 Å². The molecule has 10 heteroatoms. The van der Waals surface area contributed by atoms with Crippen molar-refractivity contribution >= 4 is 11.9 Å². The third-order valence-electron chi connectivity index (χ3n) is 3.43. The van der Waals surface area contributed by atoms with Crippen molar-refractivity contribution in [3.63, 3.8) is 0 Å². The fraction of sp³-hybridized carbons (Fsp3) is 0.312. The van der Waals surface area contributed by atoms with Crippen LogP contribution in [0.25, 0.3) is 0 Å². The zero-order chi connectivity index (χ0) is 18.7. The van der Waals surface area contributed by atoms with Gasteiger partial charge in [-0.1, -0.05) is 0 Å². The van der Waals surface area contributed by atoms with Crippen LogP contribution in [0.1, 0.15) is 17.3 Å². The van der Waals surface area contributed by atoms with Crippen molar-refractivity contribution in [2.24, 2.45) is 4.99 Å². The molecule has 8 nitrogen and oxygen atoms in total. The lowest BCUT2D eigenvalue weighted by Crippen LogP contribution is -2.44. The summed E-state index contributed by atoms with van der Waals surface area (Å²) in [6.07, 6.45) is 0.501. The van der Waals surface area contributed by atoms with Gasteiger partial charge < -0.3 is 19.5 Å². The maximum Gasteiger partial charge on any atom is 0.586 e. The summed E-state index contributed by atoms with van der Waals surface area (Å²) in [6, 6.07) is 2.54. The molecule has 1 fully saturated rings. The lowest BCUT2D eigenvalue weighted by Gasteiger charge is -2.15. The molecular weight excluding hydrogens is 350 g/mol. The number of pyridine rings is 1. The third-order valence-corrected chi connectivity index (χ3v) is 3.43. The van der Waals surface area contributed by atoms with Crippen LogP contribution >= 0.6 is 0 Å². The molecule has 1 aromatic rings. The van der Waals surface area contributed by atoms with Crippen LogP contribution in [0.4, 0.5) is 8.78 Å². The van der Waals surface area contributed by atoms with Crippen LogP contribution in [-0.4, -0.2) is 42.8 Å². The number of fused-ring (bicyclic) bond motifs is 1. The molecule has 1 saturated heterocycles. The fourth-order valence-electron chi connectivity index (χ4n) is 2.30. The van der Waals surface area contributed by atoms with E-state index in [0.29, 0.717) is 11.4 Å². The molecule has 0 bridgehead atoms. The van der Waals surface area contributed by atoms with Crippen molar-refractivity contribution in [1.29, 1.82) is 0 Å². The molecule has 26 heavy (non-hydrogen) atoms. The number of rotatable bonds is 2. The van der Waals surface area contributed by atoms with Gasteiger partial charge >= 0.3 is 6.29 Å². The molecule has 1 unspecified atom stereocenters. The van der Waals surface area contributed by atoms with Crippen LogP contribution in [0.2, 0.25) is 0 Å². The van der Waals surface area contributed by atoms with Gasteiger partial charge in [0.25, 0.3) is 5.91 Å². The Balaban J connectivity index is 1.75. The highest BCUT2D eigenvalue weighted by Crippen LogP contribution is 2.36. The molecule has 2 aliphatic heterocycles. The molecule has 3 heterocycles. The summed E-state index contributed by atoms with van der Waals surface area (Å²) in [5.41, 5.74) is 0.328. The fourth-order valence-corrected chi connectivity index (χ4v) is 2.30. The SMILES string of the molecule is COc1cc(C(=O)NC2=NC/C=C3/OC(F)(F)O/C3=C/C(C)N2)ccn1. The molecule has 2 N–H and O–H groups in total. The first-order valence-electron chi connectivity index (χ1n) is 7.67. The average Bonchev–Trinajstić information content (AvgIpc) is 2.89. The number of amides is 1. The lowest BCUT2D eigenvalue weighted by molar-refractivity contribution is -0.326. The topological polar surface area (TPSA) is 94.1 Å². The van der Waals surface area contributed by atoms with Crippen LogP contribution in [-0.2, 0) is 9.47 Å². The number of methoxy groups -OCH3 is 1. The number of hydrogen-bond acceptors (Lipinski definition) is 7. The third kappa shape index (κ3) is 4.08. The van der Waals surface area contributed by atoms with Gasteiger partial charge in [0.1, 0.15) is 0 Å². The van der Waals surface area contributed by atoms with E-state index in [-0.39, 0.29) is 24.0 Å². The maximum atomic E-state index is 13.2. The Morgan fingerprint density at radius 1 is 1.42 bits per heavy atom. The number of aromatic nitrogens is 1. The number of halogens is 2. The van der Waals surface area contributed by atoms with Crippen LogP contribution in [0, 0.1) is 0 Å². The Hall–Kier alpha value is -3.17. The Morgan fingerprint density at radius 3 is 2.96 bits per heavy atom. The highest BCUT2D eigenvalue weighted by atomic mass is 19.3. The van der Waals surface area contributed by atoms with E-state index in [1.807, 2.05) is 0 Å². The number of hydrogen-bond donors (Lipinski definition) is 2. The number of nitrogens with one attached hydrogen (secondary N) is 2. The molecule has 0 saturated carbocycles. The Morgan fingerprint density at radius 2 is 2.19 bits per heavy atom. The van der Waals surface area contributed by atoms with Gasteiger partial charge in [-0.3, -0.25) is 10.1 Å². The van der Waals surface area contributed by atoms with Crippen LogP contribution < -0.4 is 15.4 Å². The Bertz CT molecular complexity index is 807. The van der Waals surface area contributed by atoms with E-state index in [1.54, 1.807) is 6.92 Å². The quantitative estimate of drug-likeness (QED) is 0.825. The minimum absolute atomic E-state index is 0.00110. The second-order valence-corrected chi connectivity index (χ2v) is 5.43. The normalized spacial score (nSPS) is 25.1. The molecule has 138 valence electrons. The summed E-state index contributed by atoms with van der Waals surface area (Å²) in [4.78, 5) is 20.4. The molecule has 1 aromatic heterocycles. The lowest BCUT2D eigenvalue weighted by atomic mass is 10.2. The highest BCUT2D eigenvalue weighted by Gasteiger charge is 2.45. The second kappa shape index (κ2) is 6.98. The number of alkyl halides is 2. The number of carbonyl (C=O) groups is 1. The van der Waals surface area contributed by atoms with E-state index >= 15 is 0 Å². The second-order valence-electron chi connectivity index (χ2n) is 5.43. The average molecular weight is 366 g/mol. The van der Waals surface area contributed by atoms with E-state index in [1.165, 1.54) is 37.6 Å². The van der Waals surface area contributed by atoms with Crippen LogP contribution in [0.15, 0.2) is 47.0 Å². The predicted molar refractivity (Wildman–Crippen MR) is 86.4 cm³/mol. The molecule has 1 amide bonds. The molecular formula is C16H16F2N4O4. The minimum atomic E-state index is -3.70. The first kappa shape index (κ1) is 17.6. The number of guanidine groups is 1. The minimum Gasteiger partial charge on any atom is -0.481 e. The number of aliphatic imine (C=N–C) groups is 1. The zero-order valence-corrected chi connectivity index (χ0v) is 14.0. The van der Waals surface area contributed by atoms with Gasteiger partial charge in [0.2, 0.25) is 5.88 Å². The summed E-state index contributed by atoms with van der Waals surface area (Å²) in [7, 11) is 1.45. The van der Waals surface area contributed by atoms with E-state index < -0.39 is 18.2 Å². The van der Waals surface area contributed by atoms with E-state index in [9.17, 15) is 13.6 Å². The molecule has 3 rings (SSSR count). The summed E-state index contributed by atoms with van der Waals surface area (Å²) < 4.78 is 40.2. The van der Waals surface area contributed by atoms with Gasteiger partial charge in [0, 0.05) is 23.9 Å². The standard InChI is InChI=1S/C16H16F2N4O4/c1-9-7-12-11(25-16(17,18)26-12)4-6-20-15(21-9)22-14(23)10-3-5-19-13(8-10)24-2/h3-5,7-9H,6H2,1-2H3,(H2,20,21,22,23)/b11-4+,12-7+. The van der Waals surface area contributed by atoms with Gasteiger partial charge in [0.05, 0.1) is 13.7 Å². The van der Waals surface area contributed by atoms with Gasteiger partial charge in [-0.15, -0.1) is 8.78 Å². The van der Waals surface area contributed by atoms with E-state index in [2.05, 4.69) is 30.1 Å². The van der Waals surface area contributed by atoms with Gasteiger partial charge in [-0.2, -0.15) is 0 Å². The van der Waals surface area contributed by atoms with Gasteiger partial charge in [0.15, 0.2) is 17.5 Å². The van der Waals surface area contributed by atoms with Gasteiger partial charge in [-0.25, -0.2) is 9.98 Å². The van der Waals surface area contributed by atoms with Crippen LogP contribution in [0.3, 0.4) is 0 Å². The van der Waals surface area contributed by atoms with Crippen molar-refractivity contribution in [3.05, 3.63) is 47.6 Å². The monoisotopic (exact) mass is 366 g/mol. The largest absolute Gasteiger partial charge is 0.586 e. The van der Waals surface area contributed by atoms with Crippen molar-refractivity contribution < 1.29 is 27.8 Å². The summed E-state index contributed by atoms with van der Waals surface area (Å²) in [5.74, 6) is -0.134. The molecule has 0 aliphatic carbocycles. The first-order chi connectivity index (χ1) is 12.4. The number of nitrogens with zero attached hydrogens (tertiary/aromatic N) is 2. The molecule has 1 atom stereocenters. The highest BCUT2D eigenvalue weighted by molar-refractivity contribution is 6.05. The molecule has 0 radical (unpaired) electrons. The van der Waals surface area contributed by atoms with E-state index in [4.69, 9.17) is 4.74 Å². The maximum absolute atomic E-state index is 13.2. The van der Waals surface area contributed by atoms with Crippen molar-refractivity contribution in [2.45, 2.75) is 19.3 Å². The Kier molecular flexibility index (Phi) is 4.74. The molecule has 0 spiro atoms. The first-order valence-corrected chi connectivity index (χ1v) is 7.67. The smallest absolute Gasteiger partial charge is 0.481 e. The molecule has 0 aromatic carbocycles. The summed E-state index contributed by atoms with van der Waals surface area (Å²) in [6.45, 7) is 1.69. The van der Waals surface area contributed by atoms with Crippen LogP contribution in [0.5, 0.6) is 5.88 Å². The van der Waals surface area contributed by atoms with Crippen molar-refractivity contribution in [1.82, 2.24) is 15.6 Å². The van der Waals surface area contributed by atoms with Crippen molar-refractivity contribution in [3.8, 4) is 5.88 Å². The Labute approximate surface area is 147 Å². The van der Waals surface area contributed by atoms with E-state index in [0.717, 1.165) is 0 Å². The molecule has 2 aliphatic rings. The predicted octanol–water partition coefficient (Wildman–Crippen LogP) is 1.53. The van der Waals surface area contributed by atoms with Crippen molar-refractivity contribution in [2.75, 3.05) is 13.7 Å². The number of carbonyl (C=O) groups excluding carboxylic acids is 1. The number of ether oxygens (including phenoxy) is 3. The summed E-state index contributed by atoms with van der Waals surface area (Å²) >= 11 is 0. The zero-order valence-electron chi connectivity index (χ0n) is 14.0. The summed E-state index contributed by atoms with van der Waals surface area (Å²) in [5, 5.41) is 5.53.